The average molecular weight is 335 g/mol. The highest BCUT2D eigenvalue weighted by molar-refractivity contribution is 9.10. The summed E-state index contributed by atoms with van der Waals surface area (Å²) in [5.74, 6) is -0.954. The first-order chi connectivity index (χ1) is 7.77. The van der Waals surface area contributed by atoms with Gasteiger partial charge in [0, 0.05) is 10.0 Å². The van der Waals surface area contributed by atoms with Crippen molar-refractivity contribution in [1.82, 2.24) is 5.32 Å². The fraction of sp³-hybridized carbons (Fsp3) is 0.400. The SMILES string of the molecule is CCNC(c1cc(Cl)c(Br)cc1F)C(F)(F)F. The lowest BCUT2D eigenvalue weighted by Crippen LogP contribution is -2.34. The Morgan fingerprint density at radius 3 is 2.47 bits per heavy atom. The maximum Gasteiger partial charge on any atom is 0.408 e. The molecule has 0 aromatic heterocycles. The van der Waals surface area contributed by atoms with Crippen LogP contribution in [0.3, 0.4) is 0 Å². The van der Waals surface area contributed by atoms with E-state index in [0.29, 0.717) is 0 Å². The summed E-state index contributed by atoms with van der Waals surface area (Å²) >= 11 is 8.62. The summed E-state index contributed by atoms with van der Waals surface area (Å²) in [6.45, 7) is 1.58. The molecule has 0 spiro atoms. The molecule has 0 aliphatic rings. The Kier molecular flexibility index (Phi) is 4.80. The van der Waals surface area contributed by atoms with Crippen molar-refractivity contribution < 1.29 is 17.6 Å². The molecule has 0 heterocycles. The normalized spacial score (nSPS) is 13.8. The van der Waals surface area contributed by atoms with Gasteiger partial charge in [-0.2, -0.15) is 13.2 Å². The summed E-state index contributed by atoms with van der Waals surface area (Å²) in [7, 11) is 0. The second kappa shape index (κ2) is 5.54. The summed E-state index contributed by atoms with van der Waals surface area (Å²) in [6, 6.07) is -0.159. The van der Waals surface area contributed by atoms with Crippen LogP contribution in [-0.2, 0) is 0 Å². The Bertz CT molecular complexity index is 408. The minimum absolute atomic E-state index is 0.0357. The van der Waals surface area contributed by atoms with Crippen LogP contribution in [0.1, 0.15) is 18.5 Å². The molecule has 0 aliphatic heterocycles. The minimum Gasteiger partial charge on any atom is -0.303 e. The predicted octanol–water partition coefficient (Wildman–Crippen LogP) is 4.45. The summed E-state index contributed by atoms with van der Waals surface area (Å²) in [5, 5.41) is 2.22. The molecule has 1 unspecified atom stereocenters. The maximum atomic E-state index is 13.5. The van der Waals surface area contributed by atoms with Crippen LogP contribution in [0.5, 0.6) is 0 Å². The number of alkyl halides is 3. The Morgan fingerprint density at radius 2 is 2.00 bits per heavy atom. The number of benzene rings is 1. The van der Waals surface area contributed by atoms with Gasteiger partial charge in [-0.05, 0) is 34.6 Å². The molecular formula is C10H9BrClF4N. The Balaban J connectivity index is 3.23. The van der Waals surface area contributed by atoms with Gasteiger partial charge in [-0.25, -0.2) is 4.39 Å². The van der Waals surface area contributed by atoms with Crippen molar-refractivity contribution >= 4 is 27.5 Å². The zero-order valence-corrected chi connectivity index (χ0v) is 11.0. The molecule has 1 rings (SSSR count). The van der Waals surface area contributed by atoms with Gasteiger partial charge in [0.15, 0.2) is 0 Å². The fourth-order valence-corrected chi connectivity index (χ4v) is 1.85. The third kappa shape index (κ3) is 3.56. The fourth-order valence-electron chi connectivity index (χ4n) is 1.37. The zero-order chi connectivity index (χ0) is 13.2. The van der Waals surface area contributed by atoms with Crippen LogP contribution in [0, 0.1) is 5.82 Å². The van der Waals surface area contributed by atoms with E-state index in [-0.39, 0.29) is 16.0 Å². The second-order valence-corrected chi connectivity index (χ2v) is 4.58. The quantitative estimate of drug-likeness (QED) is 0.636. The Labute approximate surface area is 109 Å². The molecule has 1 aromatic rings. The van der Waals surface area contributed by atoms with Crippen molar-refractivity contribution in [3.05, 3.63) is 33.0 Å². The van der Waals surface area contributed by atoms with Gasteiger partial charge in [0.25, 0.3) is 0 Å². The van der Waals surface area contributed by atoms with E-state index in [9.17, 15) is 17.6 Å². The molecule has 0 saturated carbocycles. The van der Waals surface area contributed by atoms with E-state index in [0.717, 1.165) is 12.1 Å². The first kappa shape index (κ1) is 14.7. The molecule has 1 N–H and O–H groups in total. The lowest BCUT2D eigenvalue weighted by Gasteiger charge is -2.22. The third-order valence-corrected chi connectivity index (χ3v) is 3.28. The van der Waals surface area contributed by atoms with E-state index in [1.165, 1.54) is 6.92 Å². The van der Waals surface area contributed by atoms with Crippen LogP contribution in [0.2, 0.25) is 5.02 Å². The van der Waals surface area contributed by atoms with Crippen LogP contribution >= 0.6 is 27.5 Å². The van der Waals surface area contributed by atoms with Crippen LogP contribution in [0.15, 0.2) is 16.6 Å². The molecule has 0 amide bonds. The molecule has 1 atom stereocenters. The van der Waals surface area contributed by atoms with Crippen LogP contribution in [0.25, 0.3) is 0 Å². The Morgan fingerprint density at radius 1 is 1.41 bits per heavy atom. The molecule has 17 heavy (non-hydrogen) atoms. The smallest absolute Gasteiger partial charge is 0.303 e. The van der Waals surface area contributed by atoms with Gasteiger partial charge in [0.05, 0.1) is 5.02 Å². The van der Waals surface area contributed by atoms with Crippen molar-refractivity contribution in [2.45, 2.75) is 19.1 Å². The van der Waals surface area contributed by atoms with Crippen molar-refractivity contribution in [2.24, 2.45) is 0 Å². The second-order valence-electron chi connectivity index (χ2n) is 3.32. The highest BCUT2D eigenvalue weighted by Gasteiger charge is 2.41. The lowest BCUT2D eigenvalue weighted by molar-refractivity contribution is -0.158. The Hall–Kier alpha value is -0.330. The van der Waals surface area contributed by atoms with Gasteiger partial charge >= 0.3 is 6.18 Å². The number of hydrogen-bond acceptors (Lipinski definition) is 1. The molecule has 0 bridgehead atoms. The van der Waals surface area contributed by atoms with E-state index in [2.05, 4.69) is 21.2 Å². The van der Waals surface area contributed by atoms with Crippen LogP contribution in [0.4, 0.5) is 17.6 Å². The highest BCUT2D eigenvalue weighted by atomic mass is 79.9. The van der Waals surface area contributed by atoms with E-state index in [1.807, 2.05) is 0 Å². The molecular weight excluding hydrogens is 325 g/mol. The van der Waals surface area contributed by atoms with Gasteiger partial charge in [-0.3, -0.25) is 0 Å². The topological polar surface area (TPSA) is 12.0 Å². The molecule has 1 aromatic carbocycles. The average Bonchev–Trinajstić information content (AvgIpc) is 2.19. The third-order valence-electron chi connectivity index (χ3n) is 2.09. The summed E-state index contributed by atoms with van der Waals surface area (Å²) in [4.78, 5) is 0. The van der Waals surface area contributed by atoms with Crippen LogP contribution < -0.4 is 5.32 Å². The number of hydrogen-bond donors (Lipinski definition) is 1. The van der Waals surface area contributed by atoms with Crippen molar-refractivity contribution in [1.29, 1.82) is 0 Å². The lowest BCUT2D eigenvalue weighted by atomic mass is 10.1. The molecule has 0 saturated heterocycles. The maximum absolute atomic E-state index is 13.5. The first-order valence-electron chi connectivity index (χ1n) is 4.72. The number of rotatable bonds is 3. The predicted molar refractivity (Wildman–Crippen MR) is 61.6 cm³/mol. The largest absolute Gasteiger partial charge is 0.408 e. The van der Waals surface area contributed by atoms with E-state index < -0.39 is 23.6 Å². The van der Waals surface area contributed by atoms with Crippen molar-refractivity contribution in [3.63, 3.8) is 0 Å². The summed E-state index contributed by atoms with van der Waals surface area (Å²) < 4.78 is 51.9. The molecule has 1 nitrogen and oxygen atoms in total. The van der Waals surface area contributed by atoms with Gasteiger partial charge in [0.2, 0.25) is 0 Å². The van der Waals surface area contributed by atoms with E-state index in [4.69, 9.17) is 11.6 Å². The standard InChI is InChI=1S/C10H9BrClF4N/c1-2-17-9(10(14,15)16)5-3-7(12)6(11)4-8(5)13/h3-4,9,17H,2H2,1H3. The van der Waals surface area contributed by atoms with Gasteiger partial charge in [0.1, 0.15) is 11.9 Å². The molecule has 0 aliphatic carbocycles. The van der Waals surface area contributed by atoms with Gasteiger partial charge < -0.3 is 5.32 Å². The molecule has 0 radical (unpaired) electrons. The van der Waals surface area contributed by atoms with Gasteiger partial charge in [-0.1, -0.05) is 18.5 Å². The van der Waals surface area contributed by atoms with E-state index >= 15 is 0 Å². The van der Waals surface area contributed by atoms with Crippen molar-refractivity contribution in [3.8, 4) is 0 Å². The minimum atomic E-state index is -4.58. The summed E-state index contributed by atoms with van der Waals surface area (Å²) in [6.07, 6.45) is -4.58. The first-order valence-corrected chi connectivity index (χ1v) is 5.89. The molecule has 0 fully saturated rings. The monoisotopic (exact) mass is 333 g/mol. The zero-order valence-electron chi connectivity index (χ0n) is 8.71. The summed E-state index contributed by atoms with van der Waals surface area (Å²) in [5.41, 5.74) is -0.507. The number of halogens is 6. The molecule has 7 heteroatoms. The highest BCUT2D eigenvalue weighted by Crippen LogP contribution is 2.36. The van der Waals surface area contributed by atoms with Crippen LogP contribution in [-0.4, -0.2) is 12.7 Å². The van der Waals surface area contributed by atoms with E-state index in [1.54, 1.807) is 0 Å². The number of nitrogens with one attached hydrogen (secondary N) is 1. The van der Waals surface area contributed by atoms with Crippen molar-refractivity contribution in [2.75, 3.05) is 6.54 Å². The van der Waals surface area contributed by atoms with Gasteiger partial charge in [-0.15, -0.1) is 0 Å². The molecule has 96 valence electrons.